The molecule has 0 aliphatic rings. The highest BCUT2D eigenvalue weighted by molar-refractivity contribution is 7.07. The summed E-state index contributed by atoms with van der Waals surface area (Å²) in [5.74, 6) is -0.484. The fourth-order valence-electron chi connectivity index (χ4n) is 1.55. The number of aliphatic hydroxyl groups excluding tert-OH is 1. The van der Waals surface area contributed by atoms with Crippen molar-refractivity contribution in [2.75, 3.05) is 19.0 Å². The molecule has 0 saturated heterocycles. The Balaban J connectivity index is 1.98. The molecular weight excluding hydrogens is 264 g/mol. The fourth-order valence-corrected chi connectivity index (χ4v) is 2.26. The molecule has 0 aliphatic heterocycles. The summed E-state index contributed by atoms with van der Waals surface area (Å²) in [5, 5.41) is 16.8. The molecule has 2 aromatic rings. The first-order valence-corrected chi connectivity index (χ1v) is 6.63. The number of hydrogen-bond donors (Lipinski definition) is 2. The van der Waals surface area contributed by atoms with E-state index in [0.29, 0.717) is 12.2 Å². The minimum atomic E-state index is -0.582. The molecule has 0 radical (unpaired) electrons. The van der Waals surface area contributed by atoms with Crippen molar-refractivity contribution < 1.29 is 14.6 Å². The fraction of sp³-hybridized carbons (Fsp3) is 0.231. The zero-order valence-corrected chi connectivity index (χ0v) is 11.2. The minimum absolute atomic E-state index is 0.234. The Morgan fingerprint density at radius 3 is 3.11 bits per heavy atom. The van der Waals surface area contributed by atoms with Crippen LogP contribution in [0.4, 0.5) is 5.69 Å². The number of methoxy groups -OCH3 is 1. The molecule has 0 aliphatic carbocycles. The van der Waals surface area contributed by atoms with Crippen molar-refractivity contribution in [2.45, 2.75) is 6.10 Å². The van der Waals surface area contributed by atoms with Crippen LogP contribution in [0.25, 0.3) is 0 Å². The van der Waals surface area contributed by atoms with Crippen molar-refractivity contribution in [1.29, 1.82) is 0 Å². The van der Waals surface area contributed by atoms with E-state index in [-0.39, 0.29) is 5.69 Å². The topological polar surface area (TPSA) is 71.5 Å². The number of rotatable bonds is 5. The van der Waals surface area contributed by atoms with Crippen LogP contribution < -0.4 is 5.32 Å². The van der Waals surface area contributed by atoms with Gasteiger partial charge in [-0.25, -0.2) is 9.78 Å². The summed E-state index contributed by atoms with van der Waals surface area (Å²) >= 11 is 1.54. The third-order valence-corrected chi connectivity index (χ3v) is 3.28. The number of anilines is 1. The molecule has 0 aromatic carbocycles. The van der Waals surface area contributed by atoms with Crippen LogP contribution in [0.15, 0.2) is 35.2 Å². The van der Waals surface area contributed by atoms with Crippen molar-refractivity contribution in [3.63, 3.8) is 0 Å². The number of nitrogens with one attached hydrogen (secondary N) is 1. The zero-order chi connectivity index (χ0) is 13.7. The Bertz CT molecular complexity index is 543. The van der Waals surface area contributed by atoms with Gasteiger partial charge in [0, 0.05) is 18.4 Å². The van der Waals surface area contributed by atoms with Gasteiger partial charge < -0.3 is 15.2 Å². The number of aromatic nitrogens is 1. The maximum absolute atomic E-state index is 11.3. The lowest BCUT2D eigenvalue weighted by atomic mass is 10.2. The van der Waals surface area contributed by atoms with E-state index in [2.05, 4.69) is 15.0 Å². The first-order valence-electron chi connectivity index (χ1n) is 5.69. The molecule has 0 fully saturated rings. The lowest BCUT2D eigenvalue weighted by Gasteiger charge is -2.11. The highest BCUT2D eigenvalue weighted by Crippen LogP contribution is 2.17. The van der Waals surface area contributed by atoms with Crippen LogP contribution in [0.3, 0.4) is 0 Å². The number of thiophene rings is 1. The minimum Gasteiger partial charge on any atom is -0.464 e. The average Bonchev–Trinajstić information content (AvgIpc) is 2.98. The number of carbonyl (C=O) groups is 1. The van der Waals surface area contributed by atoms with E-state index < -0.39 is 12.1 Å². The van der Waals surface area contributed by atoms with Gasteiger partial charge >= 0.3 is 5.97 Å². The van der Waals surface area contributed by atoms with E-state index in [9.17, 15) is 9.90 Å². The van der Waals surface area contributed by atoms with E-state index in [1.54, 1.807) is 12.1 Å². The SMILES string of the molecule is COC(=O)c1cc(NCC(O)c2ccsc2)ccn1. The van der Waals surface area contributed by atoms with Gasteiger partial charge in [0.1, 0.15) is 5.69 Å². The Kier molecular flexibility index (Phi) is 4.48. The van der Waals surface area contributed by atoms with Crippen LogP contribution in [-0.2, 0) is 4.74 Å². The van der Waals surface area contributed by atoms with Crippen LogP contribution in [0.5, 0.6) is 0 Å². The van der Waals surface area contributed by atoms with Crippen LogP contribution in [-0.4, -0.2) is 29.7 Å². The molecule has 0 spiro atoms. The number of carbonyl (C=O) groups excluding carboxylic acids is 1. The Morgan fingerprint density at radius 1 is 1.58 bits per heavy atom. The molecule has 100 valence electrons. The highest BCUT2D eigenvalue weighted by atomic mass is 32.1. The number of ether oxygens (including phenoxy) is 1. The van der Waals surface area contributed by atoms with E-state index >= 15 is 0 Å². The summed E-state index contributed by atoms with van der Waals surface area (Å²) in [5.41, 5.74) is 1.82. The van der Waals surface area contributed by atoms with Crippen molar-refractivity contribution in [1.82, 2.24) is 4.98 Å². The summed E-state index contributed by atoms with van der Waals surface area (Å²) in [4.78, 5) is 15.2. The molecule has 5 nitrogen and oxygen atoms in total. The largest absolute Gasteiger partial charge is 0.464 e. The van der Waals surface area contributed by atoms with Gasteiger partial charge in [0.25, 0.3) is 0 Å². The standard InChI is InChI=1S/C13H14N2O3S/c1-18-13(17)11-6-10(2-4-14-11)15-7-12(16)9-3-5-19-8-9/h2-6,8,12,16H,7H2,1H3,(H,14,15). The third kappa shape index (κ3) is 3.52. The summed E-state index contributed by atoms with van der Waals surface area (Å²) in [6.07, 6.45) is 0.937. The van der Waals surface area contributed by atoms with Gasteiger partial charge in [-0.05, 0) is 34.5 Å². The van der Waals surface area contributed by atoms with Crippen molar-refractivity contribution in [3.8, 4) is 0 Å². The van der Waals surface area contributed by atoms with Gasteiger partial charge in [0.05, 0.1) is 13.2 Å². The van der Waals surface area contributed by atoms with Gasteiger partial charge in [-0.3, -0.25) is 0 Å². The maximum atomic E-state index is 11.3. The lowest BCUT2D eigenvalue weighted by Crippen LogP contribution is -2.12. The predicted octanol–water partition coefficient (Wildman–Crippen LogP) is 2.08. The molecule has 2 heterocycles. The van der Waals surface area contributed by atoms with Gasteiger partial charge in [0.2, 0.25) is 0 Å². The predicted molar refractivity (Wildman–Crippen MR) is 73.3 cm³/mol. The lowest BCUT2D eigenvalue weighted by molar-refractivity contribution is 0.0594. The number of esters is 1. The van der Waals surface area contributed by atoms with Crippen LogP contribution in [0, 0.1) is 0 Å². The van der Waals surface area contributed by atoms with Crippen LogP contribution >= 0.6 is 11.3 Å². The molecule has 0 bridgehead atoms. The monoisotopic (exact) mass is 278 g/mol. The van der Waals surface area contributed by atoms with E-state index in [1.165, 1.54) is 24.6 Å². The Labute approximate surface area is 114 Å². The normalized spacial score (nSPS) is 11.9. The maximum Gasteiger partial charge on any atom is 0.356 e. The van der Waals surface area contributed by atoms with Gasteiger partial charge in [0.15, 0.2) is 0 Å². The van der Waals surface area contributed by atoms with Crippen molar-refractivity contribution >= 4 is 23.0 Å². The molecule has 6 heteroatoms. The molecular formula is C13H14N2O3S. The molecule has 2 N–H and O–H groups in total. The van der Waals surface area contributed by atoms with Crippen molar-refractivity contribution in [3.05, 3.63) is 46.4 Å². The number of pyridine rings is 1. The van der Waals surface area contributed by atoms with Crippen molar-refractivity contribution in [2.24, 2.45) is 0 Å². The number of aliphatic hydroxyl groups is 1. The van der Waals surface area contributed by atoms with E-state index in [4.69, 9.17) is 0 Å². The summed E-state index contributed by atoms with van der Waals surface area (Å²) in [6, 6.07) is 5.20. The molecule has 1 atom stereocenters. The molecule has 19 heavy (non-hydrogen) atoms. The molecule has 2 aromatic heterocycles. The first kappa shape index (κ1) is 13.5. The van der Waals surface area contributed by atoms with Crippen LogP contribution in [0.1, 0.15) is 22.2 Å². The Morgan fingerprint density at radius 2 is 2.42 bits per heavy atom. The first-order chi connectivity index (χ1) is 9.20. The second kappa shape index (κ2) is 6.31. The summed E-state index contributed by atoms with van der Waals surface area (Å²) < 4.78 is 4.60. The Hall–Kier alpha value is -1.92. The van der Waals surface area contributed by atoms with Gasteiger partial charge in [-0.2, -0.15) is 11.3 Å². The second-order valence-corrected chi connectivity index (χ2v) is 4.65. The highest BCUT2D eigenvalue weighted by Gasteiger charge is 2.10. The zero-order valence-electron chi connectivity index (χ0n) is 10.4. The molecule has 2 rings (SSSR count). The smallest absolute Gasteiger partial charge is 0.356 e. The van der Waals surface area contributed by atoms with E-state index in [0.717, 1.165) is 5.56 Å². The quantitative estimate of drug-likeness (QED) is 0.819. The van der Waals surface area contributed by atoms with Gasteiger partial charge in [-0.15, -0.1) is 0 Å². The molecule has 0 amide bonds. The summed E-state index contributed by atoms with van der Waals surface area (Å²) in [7, 11) is 1.31. The molecule has 1 unspecified atom stereocenters. The average molecular weight is 278 g/mol. The van der Waals surface area contributed by atoms with E-state index in [1.807, 2.05) is 16.8 Å². The number of hydrogen-bond acceptors (Lipinski definition) is 6. The molecule has 0 saturated carbocycles. The third-order valence-electron chi connectivity index (χ3n) is 2.58. The van der Waals surface area contributed by atoms with Crippen LogP contribution in [0.2, 0.25) is 0 Å². The van der Waals surface area contributed by atoms with Gasteiger partial charge in [-0.1, -0.05) is 0 Å². The second-order valence-electron chi connectivity index (χ2n) is 3.87. The summed E-state index contributed by atoms with van der Waals surface area (Å²) in [6.45, 7) is 0.362. The number of nitrogens with zero attached hydrogens (tertiary/aromatic N) is 1.